The van der Waals surface area contributed by atoms with Crippen molar-refractivity contribution in [3.63, 3.8) is 0 Å². The normalized spacial score (nSPS) is 14.4. The number of nitrogens with zero attached hydrogens (tertiary/aromatic N) is 1. The van der Waals surface area contributed by atoms with Gasteiger partial charge >= 0.3 is 0 Å². The lowest BCUT2D eigenvalue weighted by atomic mass is 9.55. The molecule has 0 saturated carbocycles. The molecule has 2 aliphatic carbocycles. The van der Waals surface area contributed by atoms with E-state index in [9.17, 15) is 0 Å². The van der Waals surface area contributed by atoms with Gasteiger partial charge in [-0.1, -0.05) is 147 Å². The van der Waals surface area contributed by atoms with E-state index in [1.807, 2.05) is 0 Å². The molecule has 0 N–H and O–H groups in total. The van der Waals surface area contributed by atoms with Crippen molar-refractivity contribution in [3.8, 4) is 22.3 Å². The summed E-state index contributed by atoms with van der Waals surface area (Å²) in [6, 6.07) is 68.8. The summed E-state index contributed by atoms with van der Waals surface area (Å²) in [6.45, 7) is 4.76. The van der Waals surface area contributed by atoms with Gasteiger partial charge in [0.05, 0.1) is 5.41 Å². The van der Waals surface area contributed by atoms with Gasteiger partial charge in [-0.05, 0) is 110 Å². The Bertz CT molecular complexity index is 2830. The molecule has 8 aromatic carbocycles. The molecule has 11 rings (SSSR count). The van der Waals surface area contributed by atoms with Crippen LogP contribution in [0.1, 0.15) is 47.2 Å². The first-order valence-corrected chi connectivity index (χ1v) is 18.9. The number of furan rings is 1. The summed E-state index contributed by atoms with van der Waals surface area (Å²) >= 11 is 0. The molecule has 54 heavy (non-hydrogen) atoms. The van der Waals surface area contributed by atoms with Gasteiger partial charge in [-0.15, -0.1) is 0 Å². The van der Waals surface area contributed by atoms with Crippen LogP contribution in [0.4, 0.5) is 17.1 Å². The molecule has 0 aliphatic heterocycles. The lowest BCUT2D eigenvalue weighted by Gasteiger charge is -2.46. The molecule has 0 fully saturated rings. The maximum absolute atomic E-state index is 6.51. The van der Waals surface area contributed by atoms with Gasteiger partial charge < -0.3 is 9.32 Å². The minimum Gasteiger partial charge on any atom is -0.456 e. The van der Waals surface area contributed by atoms with Crippen LogP contribution in [0.25, 0.3) is 44.2 Å². The van der Waals surface area contributed by atoms with Crippen molar-refractivity contribution in [1.82, 2.24) is 0 Å². The van der Waals surface area contributed by atoms with Gasteiger partial charge in [0.1, 0.15) is 11.2 Å². The summed E-state index contributed by atoms with van der Waals surface area (Å²) in [5.41, 5.74) is 17.8. The number of fused-ring (bicyclic) bond motifs is 12. The maximum Gasteiger partial charge on any atom is 0.135 e. The van der Waals surface area contributed by atoms with Crippen molar-refractivity contribution in [2.45, 2.75) is 24.7 Å². The van der Waals surface area contributed by atoms with E-state index in [0.717, 1.165) is 39.0 Å². The Balaban J connectivity index is 1.14. The Morgan fingerprint density at radius 3 is 1.54 bits per heavy atom. The van der Waals surface area contributed by atoms with E-state index in [1.165, 1.54) is 55.6 Å². The van der Waals surface area contributed by atoms with Crippen molar-refractivity contribution in [3.05, 3.63) is 221 Å². The average molecular weight is 692 g/mol. The van der Waals surface area contributed by atoms with Crippen LogP contribution in [0, 0.1) is 0 Å². The molecule has 0 radical (unpaired) electrons. The van der Waals surface area contributed by atoms with Crippen LogP contribution >= 0.6 is 0 Å². The fourth-order valence-electron chi connectivity index (χ4n) is 9.82. The number of anilines is 3. The van der Waals surface area contributed by atoms with Gasteiger partial charge in [-0.25, -0.2) is 0 Å². The third-order valence-corrected chi connectivity index (χ3v) is 12.1. The van der Waals surface area contributed by atoms with E-state index >= 15 is 0 Å². The molecular formula is C52H37NO. The highest BCUT2D eigenvalue weighted by molar-refractivity contribution is 6.09. The molecule has 1 spiro atoms. The quantitative estimate of drug-likeness (QED) is 0.183. The molecule has 0 atom stereocenters. The molecule has 0 unspecified atom stereocenters. The van der Waals surface area contributed by atoms with Gasteiger partial charge in [0.2, 0.25) is 0 Å². The first kappa shape index (κ1) is 30.9. The number of benzene rings is 8. The van der Waals surface area contributed by atoms with E-state index in [4.69, 9.17) is 4.42 Å². The van der Waals surface area contributed by atoms with Crippen LogP contribution in [0.2, 0.25) is 0 Å². The zero-order valence-electron chi connectivity index (χ0n) is 30.3. The zero-order chi connectivity index (χ0) is 36.0. The van der Waals surface area contributed by atoms with Crippen molar-refractivity contribution in [2.75, 3.05) is 4.90 Å². The first-order chi connectivity index (χ1) is 26.5. The number of rotatable bonds is 4. The smallest absolute Gasteiger partial charge is 0.135 e. The Hall–Kier alpha value is -6.64. The molecule has 0 bridgehead atoms. The Morgan fingerprint density at radius 2 is 0.889 bits per heavy atom. The van der Waals surface area contributed by atoms with E-state index in [2.05, 4.69) is 207 Å². The molecule has 0 amide bonds. The van der Waals surface area contributed by atoms with Crippen LogP contribution < -0.4 is 4.90 Å². The fraction of sp³-hybridized carbons (Fsp3) is 0.0769. The highest BCUT2D eigenvalue weighted by atomic mass is 16.3. The minimum atomic E-state index is -0.426. The van der Waals surface area contributed by atoms with Crippen LogP contribution in [0.3, 0.4) is 0 Å². The highest BCUT2D eigenvalue weighted by Gasteiger charge is 2.53. The van der Waals surface area contributed by atoms with Gasteiger partial charge in [0.15, 0.2) is 0 Å². The zero-order valence-corrected chi connectivity index (χ0v) is 30.3. The first-order valence-electron chi connectivity index (χ1n) is 18.9. The second-order valence-corrected chi connectivity index (χ2v) is 15.2. The van der Waals surface area contributed by atoms with E-state index in [-0.39, 0.29) is 5.41 Å². The summed E-state index contributed by atoms with van der Waals surface area (Å²) < 4.78 is 6.51. The summed E-state index contributed by atoms with van der Waals surface area (Å²) in [4.78, 5) is 2.31. The third kappa shape index (κ3) is 4.17. The lowest BCUT2D eigenvalue weighted by Crippen LogP contribution is -2.40. The largest absolute Gasteiger partial charge is 0.456 e. The summed E-state index contributed by atoms with van der Waals surface area (Å²) in [5, 5.41) is 2.21. The van der Waals surface area contributed by atoms with E-state index in [1.54, 1.807) is 0 Å². The molecule has 256 valence electrons. The summed E-state index contributed by atoms with van der Waals surface area (Å²) in [6.07, 6.45) is 0. The van der Waals surface area contributed by atoms with Gasteiger partial charge in [0.25, 0.3) is 0 Å². The average Bonchev–Trinajstić information content (AvgIpc) is 3.74. The molecule has 9 aromatic rings. The van der Waals surface area contributed by atoms with Gasteiger partial charge in [-0.2, -0.15) is 0 Å². The Kier molecular flexibility index (Phi) is 6.55. The second kappa shape index (κ2) is 11.4. The topological polar surface area (TPSA) is 16.4 Å². The molecular weight excluding hydrogens is 655 g/mol. The second-order valence-electron chi connectivity index (χ2n) is 15.2. The standard InChI is InChI=1S/C52H37NO/c1-51(2)43-23-11-13-25-45(43)52(46-26-14-12-24-44(46)51)42-22-10-9-20-39(42)50-38(21-15-27-47(50)52)34-28-30-48-40(32-34)41-33-37(29-31-49(41)54-48)53(35-16-5-3-6-17-35)36-18-7-4-8-19-36/h3-33H,1-2H3. The van der Waals surface area contributed by atoms with Crippen molar-refractivity contribution >= 4 is 39.0 Å². The fourth-order valence-corrected chi connectivity index (χ4v) is 9.82. The minimum absolute atomic E-state index is 0.128. The predicted octanol–water partition coefficient (Wildman–Crippen LogP) is 13.7. The molecule has 1 heterocycles. The number of hydrogen-bond donors (Lipinski definition) is 0. The molecule has 2 nitrogen and oxygen atoms in total. The maximum atomic E-state index is 6.51. The SMILES string of the molecule is CC1(C)c2ccccc2C2(c3ccccc3-c3c(-c4ccc5oc6ccc(N(c7ccccc7)c7ccccc7)cc6c5c4)cccc32)c2ccccc21. The summed E-state index contributed by atoms with van der Waals surface area (Å²) in [5.74, 6) is 0. The number of hydrogen-bond acceptors (Lipinski definition) is 2. The van der Waals surface area contributed by atoms with E-state index < -0.39 is 5.41 Å². The van der Waals surface area contributed by atoms with Crippen molar-refractivity contribution in [1.29, 1.82) is 0 Å². The number of para-hydroxylation sites is 2. The molecule has 1 aromatic heterocycles. The molecule has 2 heteroatoms. The predicted molar refractivity (Wildman–Crippen MR) is 223 cm³/mol. The van der Waals surface area contributed by atoms with E-state index in [0.29, 0.717) is 0 Å². The van der Waals surface area contributed by atoms with Crippen molar-refractivity contribution < 1.29 is 4.42 Å². The van der Waals surface area contributed by atoms with Crippen molar-refractivity contribution in [2.24, 2.45) is 0 Å². The molecule has 0 saturated heterocycles. The van der Waals surface area contributed by atoms with Crippen LogP contribution in [0.15, 0.2) is 192 Å². The van der Waals surface area contributed by atoms with Gasteiger partial charge in [0, 0.05) is 33.2 Å². The lowest BCUT2D eigenvalue weighted by molar-refractivity contribution is 0.563. The monoisotopic (exact) mass is 691 g/mol. The Morgan fingerprint density at radius 1 is 0.389 bits per heavy atom. The Labute approximate surface area is 315 Å². The van der Waals surface area contributed by atoms with Crippen LogP contribution in [-0.4, -0.2) is 0 Å². The van der Waals surface area contributed by atoms with Gasteiger partial charge in [-0.3, -0.25) is 0 Å². The van der Waals surface area contributed by atoms with Crippen LogP contribution in [-0.2, 0) is 10.8 Å². The highest BCUT2D eigenvalue weighted by Crippen LogP contribution is 2.63. The molecule has 2 aliphatic rings. The van der Waals surface area contributed by atoms with Crippen LogP contribution in [0.5, 0.6) is 0 Å². The third-order valence-electron chi connectivity index (χ3n) is 12.1. The summed E-state index contributed by atoms with van der Waals surface area (Å²) in [7, 11) is 0.